The molecule has 2 atom stereocenters. The van der Waals surface area contributed by atoms with Gasteiger partial charge in [-0.1, -0.05) is 18.2 Å². The van der Waals surface area contributed by atoms with Crippen molar-refractivity contribution < 1.29 is 23.8 Å². The van der Waals surface area contributed by atoms with Gasteiger partial charge in [0.1, 0.15) is 17.6 Å². The molecule has 2 aromatic rings. The van der Waals surface area contributed by atoms with Gasteiger partial charge in [0.2, 0.25) is 5.76 Å². The number of fused-ring (bicyclic) bond motifs is 1. The molecule has 0 aliphatic carbocycles. The molecular formula is C16H16O5. The van der Waals surface area contributed by atoms with Crippen molar-refractivity contribution in [3.8, 4) is 5.75 Å². The monoisotopic (exact) mass is 288 g/mol. The summed E-state index contributed by atoms with van der Waals surface area (Å²) in [6.45, 7) is 0.545. The Kier molecular flexibility index (Phi) is 3.66. The van der Waals surface area contributed by atoms with Crippen LogP contribution in [0.4, 0.5) is 0 Å². The van der Waals surface area contributed by atoms with Crippen molar-refractivity contribution in [3.05, 3.63) is 53.5 Å². The number of aliphatic hydroxyl groups excluding tert-OH is 1. The molecule has 1 aromatic carbocycles. The molecule has 1 N–H and O–H groups in total. The lowest BCUT2D eigenvalue weighted by atomic mass is 9.87. The van der Waals surface area contributed by atoms with E-state index in [2.05, 4.69) is 4.74 Å². The highest BCUT2D eigenvalue weighted by Gasteiger charge is 2.31. The van der Waals surface area contributed by atoms with Crippen LogP contribution in [0.1, 0.15) is 40.3 Å². The summed E-state index contributed by atoms with van der Waals surface area (Å²) < 4.78 is 15.6. The minimum atomic E-state index is -0.826. The Balaban J connectivity index is 1.87. The number of hydrogen-bond acceptors (Lipinski definition) is 5. The average Bonchev–Trinajstić information content (AvgIpc) is 3.03. The van der Waals surface area contributed by atoms with Crippen molar-refractivity contribution in [1.82, 2.24) is 0 Å². The number of carbonyl (C=O) groups excluding carboxylic acids is 1. The van der Waals surface area contributed by atoms with E-state index in [-0.39, 0.29) is 11.7 Å². The first kappa shape index (κ1) is 13.7. The Morgan fingerprint density at radius 3 is 2.95 bits per heavy atom. The van der Waals surface area contributed by atoms with Gasteiger partial charge in [-0.05, 0) is 24.6 Å². The molecule has 21 heavy (non-hydrogen) atoms. The summed E-state index contributed by atoms with van der Waals surface area (Å²) in [5, 5.41) is 10.6. The molecule has 1 aliphatic rings. The van der Waals surface area contributed by atoms with Gasteiger partial charge in [0, 0.05) is 11.5 Å². The normalized spacial score (nSPS) is 18.5. The van der Waals surface area contributed by atoms with Gasteiger partial charge in [0.15, 0.2) is 0 Å². The molecule has 2 unspecified atom stereocenters. The summed E-state index contributed by atoms with van der Waals surface area (Å²) in [6, 6.07) is 10.7. The predicted molar refractivity (Wildman–Crippen MR) is 74.3 cm³/mol. The molecule has 1 aromatic heterocycles. The second kappa shape index (κ2) is 5.61. The van der Waals surface area contributed by atoms with Crippen LogP contribution in [0.25, 0.3) is 0 Å². The molecule has 0 spiro atoms. The SMILES string of the molecule is COC(=O)c1ccc(C(O)C2CCOc3ccccc32)o1. The number of benzene rings is 1. The van der Waals surface area contributed by atoms with E-state index < -0.39 is 12.1 Å². The molecule has 2 heterocycles. The van der Waals surface area contributed by atoms with Gasteiger partial charge < -0.3 is 19.0 Å². The smallest absolute Gasteiger partial charge is 0.373 e. The summed E-state index contributed by atoms with van der Waals surface area (Å²) in [7, 11) is 1.29. The number of methoxy groups -OCH3 is 1. The zero-order valence-electron chi connectivity index (χ0n) is 11.6. The van der Waals surface area contributed by atoms with Crippen molar-refractivity contribution in [2.75, 3.05) is 13.7 Å². The zero-order valence-corrected chi connectivity index (χ0v) is 11.6. The Morgan fingerprint density at radius 1 is 1.33 bits per heavy atom. The number of aliphatic hydroxyl groups is 1. The average molecular weight is 288 g/mol. The summed E-state index contributed by atoms with van der Waals surface area (Å²) in [5.74, 6) is 0.559. The summed E-state index contributed by atoms with van der Waals surface area (Å²) in [6.07, 6.45) is -0.139. The third-order valence-corrected chi connectivity index (χ3v) is 3.69. The van der Waals surface area contributed by atoms with Crippen LogP contribution < -0.4 is 4.74 Å². The number of ether oxygens (including phenoxy) is 2. The molecule has 5 heteroatoms. The Bertz CT molecular complexity index is 646. The van der Waals surface area contributed by atoms with E-state index >= 15 is 0 Å². The van der Waals surface area contributed by atoms with Crippen molar-refractivity contribution in [2.45, 2.75) is 18.4 Å². The van der Waals surface area contributed by atoms with Gasteiger partial charge in [-0.25, -0.2) is 4.79 Å². The minimum absolute atomic E-state index is 0.0897. The zero-order chi connectivity index (χ0) is 14.8. The summed E-state index contributed by atoms with van der Waals surface area (Å²) in [4.78, 5) is 11.4. The Hall–Kier alpha value is -2.27. The number of hydrogen-bond donors (Lipinski definition) is 1. The van der Waals surface area contributed by atoms with Crippen LogP contribution in [-0.4, -0.2) is 24.8 Å². The molecule has 0 saturated heterocycles. The summed E-state index contributed by atoms with van der Waals surface area (Å²) >= 11 is 0. The van der Waals surface area contributed by atoms with Gasteiger partial charge in [0.25, 0.3) is 0 Å². The molecule has 110 valence electrons. The van der Waals surface area contributed by atoms with Gasteiger partial charge in [0.05, 0.1) is 13.7 Å². The van der Waals surface area contributed by atoms with E-state index in [1.807, 2.05) is 24.3 Å². The highest BCUT2D eigenvalue weighted by molar-refractivity contribution is 5.86. The maximum atomic E-state index is 11.4. The number of rotatable bonds is 3. The van der Waals surface area contributed by atoms with Crippen molar-refractivity contribution in [1.29, 1.82) is 0 Å². The second-order valence-corrected chi connectivity index (χ2v) is 4.92. The largest absolute Gasteiger partial charge is 0.493 e. The van der Waals surface area contributed by atoms with Crippen LogP contribution in [0.3, 0.4) is 0 Å². The molecule has 0 radical (unpaired) electrons. The van der Waals surface area contributed by atoms with Crippen molar-refractivity contribution in [3.63, 3.8) is 0 Å². The number of para-hydroxylation sites is 1. The maximum Gasteiger partial charge on any atom is 0.373 e. The fourth-order valence-corrected chi connectivity index (χ4v) is 2.62. The molecule has 0 bridgehead atoms. The molecular weight excluding hydrogens is 272 g/mol. The number of carbonyl (C=O) groups is 1. The third-order valence-electron chi connectivity index (χ3n) is 3.69. The lowest BCUT2D eigenvalue weighted by Gasteiger charge is -2.28. The molecule has 0 amide bonds. The molecule has 5 nitrogen and oxygen atoms in total. The van der Waals surface area contributed by atoms with Crippen molar-refractivity contribution in [2.24, 2.45) is 0 Å². The van der Waals surface area contributed by atoms with E-state index in [9.17, 15) is 9.90 Å². The first-order chi connectivity index (χ1) is 10.2. The Morgan fingerprint density at radius 2 is 2.14 bits per heavy atom. The lowest BCUT2D eigenvalue weighted by Crippen LogP contribution is -2.19. The highest BCUT2D eigenvalue weighted by atomic mass is 16.5. The van der Waals surface area contributed by atoms with E-state index in [0.29, 0.717) is 18.8 Å². The molecule has 1 aliphatic heterocycles. The predicted octanol–water partition coefficient (Wildman–Crippen LogP) is 2.67. The lowest BCUT2D eigenvalue weighted by molar-refractivity contribution is 0.0544. The van der Waals surface area contributed by atoms with Gasteiger partial charge in [-0.2, -0.15) is 0 Å². The topological polar surface area (TPSA) is 68.9 Å². The van der Waals surface area contributed by atoms with E-state index in [1.54, 1.807) is 6.07 Å². The fraction of sp³-hybridized carbons (Fsp3) is 0.312. The second-order valence-electron chi connectivity index (χ2n) is 4.92. The van der Waals surface area contributed by atoms with Crippen LogP contribution in [0, 0.1) is 0 Å². The third kappa shape index (κ3) is 2.52. The number of esters is 1. The number of furan rings is 1. The van der Waals surface area contributed by atoms with Crippen LogP contribution >= 0.6 is 0 Å². The van der Waals surface area contributed by atoms with Crippen LogP contribution in [0.5, 0.6) is 5.75 Å². The first-order valence-electron chi connectivity index (χ1n) is 6.78. The van der Waals surface area contributed by atoms with Gasteiger partial charge in [-0.3, -0.25) is 0 Å². The maximum absolute atomic E-state index is 11.4. The van der Waals surface area contributed by atoms with E-state index in [1.165, 1.54) is 13.2 Å². The summed E-state index contributed by atoms with van der Waals surface area (Å²) in [5.41, 5.74) is 0.951. The van der Waals surface area contributed by atoms with E-state index in [4.69, 9.17) is 9.15 Å². The molecule has 3 rings (SSSR count). The van der Waals surface area contributed by atoms with Crippen LogP contribution in [-0.2, 0) is 4.74 Å². The standard InChI is InChI=1S/C16H16O5/c1-19-16(18)14-7-6-13(21-14)15(17)11-8-9-20-12-5-3-2-4-10(11)12/h2-7,11,15,17H,8-9H2,1H3. The minimum Gasteiger partial charge on any atom is -0.493 e. The van der Waals surface area contributed by atoms with Crippen LogP contribution in [0.15, 0.2) is 40.8 Å². The molecule has 0 saturated carbocycles. The molecule has 0 fully saturated rings. The Labute approximate surface area is 122 Å². The van der Waals surface area contributed by atoms with Crippen molar-refractivity contribution >= 4 is 5.97 Å². The first-order valence-corrected chi connectivity index (χ1v) is 6.78. The van der Waals surface area contributed by atoms with Crippen LogP contribution in [0.2, 0.25) is 0 Å². The van der Waals surface area contributed by atoms with Gasteiger partial charge in [-0.15, -0.1) is 0 Å². The quantitative estimate of drug-likeness (QED) is 0.879. The van der Waals surface area contributed by atoms with Gasteiger partial charge >= 0.3 is 5.97 Å². The van der Waals surface area contributed by atoms with E-state index in [0.717, 1.165) is 11.3 Å². The highest BCUT2D eigenvalue weighted by Crippen LogP contribution is 2.41. The fourth-order valence-electron chi connectivity index (χ4n) is 2.62.